The van der Waals surface area contributed by atoms with Crippen molar-refractivity contribution in [3.63, 3.8) is 0 Å². The molecule has 0 spiro atoms. The van der Waals surface area contributed by atoms with Crippen LogP contribution in [0.3, 0.4) is 0 Å². The maximum absolute atomic E-state index is 9.00. The zero-order valence-corrected chi connectivity index (χ0v) is 11.7. The van der Waals surface area contributed by atoms with Crippen LogP contribution in [0.1, 0.15) is 12.6 Å². The van der Waals surface area contributed by atoms with Crippen LogP contribution < -0.4 is 4.90 Å². The van der Waals surface area contributed by atoms with Crippen LogP contribution in [0.15, 0.2) is 54.7 Å². The Balaban J connectivity index is 2.16. The van der Waals surface area contributed by atoms with Gasteiger partial charge in [0.2, 0.25) is 5.95 Å². The summed E-state index contributed by atoms with van der Waals surface area (Å²) < 4.78 is 0. The van der Waals surface area contributed by atoms with Crippen LogP contribution >= 0.6 is 0 Å². The van der Waals surface area contributed by atoms with Crippen LogP contribution in [-0.4, -0.2) is 16.5 Å². The molecule has 1 heterocycles. The molecular formula is C17H14N4. The average Bonchev–Trinajstić information content (AvgIpc) is 2.56. The molecule has 3 aromatic rings. The van der Waals surface area contributed by atoms with E-state index in [9.17, 15) is 0 Å². The van der Waals surface area contributed by atoms with Gasteiger partial charge in [-0.05, 0) is 24.4 Å². The summed E-state index contributed by atoms with van der Waals surface area (Å²) >= 11 is 0. The topological polar surface area (TPSA) is 52.8 Å². The Kier molecular flexibility index (Phi) is 3.48. The average molecular weight is 274 g/mol. The zero-order chi connectivity index (χ0) is 14.7. The SMILES string of the molecule is CCN(c1nccc(C#N)n1)c1cccc2ccccc12. The van der Waals surface area contributed by atoms with Gasteiger partial charge >= 0.3 is 0 Å². The fourth-order valence-corrected chi connectivity index (χ4v) is 2.40. The first-order valence-corrected chi connectivity index (χ1v) is 6.82. The van der Waals surface area contributed by atoms with Gasteiger partial charge in [0.05, 0.1) is 5.69 Å². The first-order chi connectivity index (χ1) is 10.3. The van der Waals surface area contributed by atoms with Gasteiger partial charge in [-0.25, -0.2) is 9.97 Å². The maximum atomic E-state index is 9.00. The van der Waals surface area contributed by atoms with Gasteiger partial charge in [-0.2, -0.15) is 5.26 Å². The molecule has 2 aromatic carbocycles. The van der Waals surface area contributed by atoms with Crippen LogP contribution in [0.4, 0.5) is 11.6 Å². The molecule has 4 nitrogen and oxygen atoms in total. The molecule has 102 valence electrons. The van der Waals surface area contributed by atoms with Crippen molar-refractivity contribution in [3.05, 3.63) is 60.4 Å². The number of hydrogen-bond donors (Lipinski definition) is 0. The summed E-state index contributed by atoms with van der Waals surface area (Å²) in [5.74, 6) is 0.549. The third kappa shape index (κ3) is 2.41. The normalized spacial score (nSPS) is 10.3. The second-order valence-corrected chi connectivity index (χ2v) is 4.60. The highest BCUT2D eigenvalue weighted by atomic mass is 15.2. The lowest BCUT2D eigenvalue weighted by Crippen LogP contribution is -2.19. The van der Waals surface area contributed by atoms with Gasteiger partial charge in [0.25, 0.3) is 0 Å². The molecule has 0 bridgehead atoms. The molecule has 0 aliphatic rings. The minimum absolute atomic E-state index is 0.374. The molecule has 0 atom stereocenters. The van der Waals surface area contributed by atoms with E-state index in [1.165, 1.54) is 5.39 Å². The predicted molar refractivity (Wildman–Crippen MR) is 83.4 cm³/mol. The summed E-state index contributed by atoms with van der Waals surface area (Å²) in [7, 11) is 0. The first-order valence-electron chi connectivity index (χ1n) is 6.82. The largest absolute Gasteiger partial charge is 0.310 e. The van der Waals surface area contributed by atoms with Crippen molar-refractivity contribution in [1.29, 1.82) is 5.26 Å². The van der Waals surface area contributed by atoms with Crippen molar-refractivity contribution in [2.45, 2.75) is 6.92 Å². The molecular weight excluding hydrogens is 260 g/mol. The molecule has 0 aliphatic heterocycles. The fourth-order valence-electron chi connectivity index (χ4n) is 2.40. The Morgan fingerprint density at radius 1 is 1.10 bits per heavy atom. The van der Waals surface area contributed by atoms with Gasteiger partial charge in [-0.3, -0.25) is 0 Å². The number of nitrogens with zero attached hydrogens (tertiary/aromatic N) is 4. The molecule has 21 heavy (non-hydrogen) atoms. The van der Waals surface area contributed by atoms with E-state index >= 15 is 0 Å². The molecule has 3 rings (SSSR count). The molecule has 0 radical (unpaired) electrons. The summed E-state index contributed by atoms with van der Waals surface area (Å²) in [6.45, 7) is 2.77. The number of hydrogen-bond acceptors (Lipinski definition) is 4. The molecule has 4 heteroatoms. The van der Waals surface area contributed by atoms with E-state index in [1.54, 1.807) is 12.3 Å². The molecule has 0 saturated heterocycles. The standard InChI is InChI=1S/C17H14N4/c1-2-21(17-19-11-10-14(12-18)20-17)16-9-5-7-13-6-3-4-8-15(13)16/h3-11H,2H2,1H3. The van der Waals surface area contributed by atoms with E-state index in [0.717, 1.165) is 17.6 Å². The van der Waals surface area contributed by atoms with Crippen LogP contribution in [0.25, 0.3) is 10.8 Å². The lowest BCUT2D eigenvalue weighted by molar-refractivity contribution is 0.945. The van der Waals surface area contributed by atoms with E-state index in [0.29, 0.717) is 11.6 Å². The second kappa shape index (κ2) is 5.59. The van der Waals surface area contributed by atoms with E-state index in [-0.39, 0.29) is 0 Å². The number of fused-ring (bicyclic) bond motifs is 1. The quantitative estimate of drug-likeness (QED) is 0.731. The highest BCUT2D eigenvalue weighted by Gasteiger charge is 2.13. The Labute approximate surface area is 123 Å². The van der Waals surface area contributed by atoms with Crippen molar-refractivity contribution < 1.29 is 0 Å². The predicted octanol–water partition coefficient (Wildman–Crippen LogP) is 3.66. The van der Waals surface area contributed by atoms with E-state index in [1.807, 2.05) is 36.1 Å². The summed E-state index contributed by atoms with van der Waals surface area (Å²) in [6, 6.07) is 18.0. The zero-order valence-electron chi connectivity index (χ0n) is 11.7. The van der Waals surface area contributed by atoms with Crippen molar-refractivity contribution >= 4 is 22.4 Å². The number of nitriles is 1. The van der Waals surface area contributed by atoms with Crippen LogP contribution in [0, 0.1) is 11.3 Å². The number of rotatable bonds is 3. The lowest BCUT2D eigenvalue weighted by atomic mass is 10.1. The molecule has 1 aromatic heterocycles. The Morgan fingerprint density at radius 2 is 1.90 bits per heavy atom. The second-order valence-electron chi connectivity index (χ2n) is 4.60. The monoisotopic (exact) mass is 274 g/mol. The van der Waals surface area contributed by atoms with Gasteiger partial charge in [0, 0.05) is 18.1 Å². The molecule has 0 N–H and O–H groups in total. The lowest BCUT2D eigenvalue weighted by Gasteiger charge is -2.22. The number of aromatic nitrogens is 2. The Morgan fingerprint density at radius 3 is 2.71 bits per heavy atom. The summed E-state index contributed by atoms with van der Waals surface area (Å²) in [4.78, 5) is 10.6. The van der Waals surface area contributed by atoms with Gasteiger partial charge in [0.15, 0.2) is 0 Å². The third-order valence-electron chi connectivity index (χ3n) is 3.37. The summed E-state index contributed by atoms with van der Waals surface area (Å²) in [5, 5.41) is 11.3. The van der Waals surface area contributed by atoms with Crippen LogP contribution in [0.5, 0.6) is 0 Å². The minimum atomic E-state index is 0.374. The third-order valence-corrected chi connectivity index (χ3v) is 3.37. The molecule has 0 amide bonds. The maximum Gasteiger partial charge on any atom is 0.231 e. The van der Waals surface area contributed by atoms with Crippen molar-refractivity contribution in [3.8, 4) is 6.07 Å². The van der Waals surface area contributed by atoms with E-state index in [4.69, 9.17) is 5.26 Å². The van der Waals surface area contributed by atoms with Crippen molar-refractivity contribution in [1.82, 2.24) is 9.97 Å². The van der Waals surface area contributed by atoms with E-state index < -0.39 is 0 Å². The van der Waals surface area contributed by atoms with Crippen LogP contribution in [0.2, 0.25) is 0 Å². The van der Waals surface area contributed by atoms with Gasteiger partial charge in [-0.1, -0.05) is 36.4 Å². The van der Waals surface area contributed by atoms with Crippen molar-refractivity contribution in [2.75, 3.05) is 11.4 Å². The fraction of sp³-hybridized carbons (Fsp3) is 0.118. The summed E-state index contributed by atoms with van der Waals surface area (Å²) in [6.07, 6.45) is 1.62. The van der Waals surface area contributed by atoms with Gasteiger partial charge in [0.1, 0.15) is 11.8 Å². The molecule has 0 saturated carbocycles. The van der Waals surface area contributed by atoms with Crippen molar-refractivity contribution in [2.24, 2.45) is 0 Å². The minimum Gasteiger partial charge on any atom is -0.310 e. The first kappa shape index (κ1) is 13.1. The number of benzene rings is 2. The van der Waals surface area contributed by atoms with Gasteiger partial charge in [-0.15, -0.1) is 0 Å². The highest BCUT2D eigenvalue weighted by Crippen LogP contribution is 2.30. The van der Waals surface area contributed by atoms with Gasteiger partial charge < -0.3 is 4.90 Å². The Bertz CT molecular complexity index is 815. The molecule has 0 aliphatic carbocycles. The Hall–Kier alpha value is -2.93. The summed E-state index contributed by atoms with van der Waals surface area (Å²) in [5.41, 5.74) is 1.42. The molecule has 0 fully saturated rings. The van der Waals surface area contributed by atoms with Crippen LogP contribution in [-0.2, 0) is 0 Å². The number of anilines is 2. The molecule has 0 unspecified atom stereocenters. The smallest absolute Gasteiger partial charge is 0.231 e. The van der Waals surface area contributed by atoms with E-state index in [2.05, 4.69) is 34.2 Å². The highest BCUT2D eigenvalue weighted by molar-refractivity contribution is 5.95.